The topological polar surface area (TPSA) is 48.0 Å². The molecule has 25 heavy (non-hydrogen) atoms. The highest BCUT2D eigenvalue weighted by Crippen LogP contribution is 2.45. The molecule has 0 aliphatic carbocycles. The number of carbonyl (C=O) groups is 1. The van der Waals surface area contributed by atoms with E-state index in [9.17, 15) is 4.79 Å². The molecule has 4 rings (SSSR count). The molecule has 1 fully saturated rings. The van der Waals surface area contributed by atoms with Gasteiger partial charge in [-0.15, -0.1) is 0 Å². The highest BCUT2D eigenvalue weighted by Gasteiger charge is 2.40. The lowest BCUT2D eigenvalue weighted by atomic mass is 9.87. The highest BCUT2D eigenvalue weighted by molar-refractivity contribution is 5.71. The van der Waals surface area contributed by atoms with E-state index >= 15 is 0 Å². The van der Waals surface area contributed by atoms with Gasteiger partial charge in [0.2, 0.25) is 0 Å². The SMILES string of the molecule is COc1cc2c(cc1OC)[C@H]1C[C@@H](c3ccccc3)OC(=O)N1CC2. The molecule has 1 amide bonds. The summed E-state index contributed by atoms with van der Waals surface area (Å²) < 4.78 is 16.6. The Morgan fingerprint density at radius 3 is 2.52 bits per heavy atom. The number of hydrogen-bond acceptors (Lipinski definition) is 4. The molecule has 5 nitrogen and oxygen atoms in total. The predicted octanol–water partition coefficient (Wildman–Crippen LogP) is 3.88. The molecular formula is C20H21NO4. The minimum Gasteiger partial charge on any atom is -0.493 e. The fourth-order valence-corrected chi connectivity index (χ4v) is 3.81. The van der Waals surface area contributed by atoms with Crippen LogP contribution in [0.5, 0.6) is 11.5 Å². The van der Waals surface area contributed by atoms with Gasteiger partial charge in [-0.25, -0.2) is 4.79 Å². The zero-order valence-corrected chi connectivity index (χ0v) is 14.4. The van der Waals surface area contributed by atoms with Gasteiger partial charge >= 0.3 is 6.09 Å². The lowest BCUT2D eigenvalue weighted by molar-refractivity contribution is -0.00654. The second-order valence-electron chi connectivity index (χ2n) is 6.38. The van der Waals surface area contributed by atoms with Gasteiger partial charge in [-0.2, -0.15) is 0 Å². The summed E-state index contributed by atoms with van der Waals surface area (Å²) in [6.07, 6.45) is 1.05. The zero-order chi connectivity index (χ0) is 17.4. The second kappa shape index (κ2) is 6.31. The third-order valence-corrected chi connectivity index (χ3v) is 5.09. The van der Waals surface area contributed by atoms with Gasteiger partial charge in [-0.05, 0) is 35.2 Å². The van der Waals surface area contributed by atoms with Crippen LogP contribution in [0, 0.1) is 0 Å². The van der Waals surface area contributed by atoms with Crippen molar-refractivity contribution < 1.29 is 19.0 Å². The van der Waals surface area contributed by atoms with Gasteiger partial charge in [0.1, 0.15) is 6.10 Å². The zero-order valence-electron chi connectivity index (χ0n) is 14.4. The average molecular weight is 339 g/mol. The van der Waals surface area contributed by atoms with Crippen molar-refractivity contribution in [1.29, 1.82) is 0 Å². The summed E-state index contributed by atoms with van der Waals surface area (Å²) >= 11 is 0. The van der Waals surface area contributed by atoms with E-state index in [0.717, 1.165) is 29.7 Å². The number of carbonyl (C=O) groups excluding carboxylic acids is 1. The van der Waals surface area contributed by atoms with Crippen LogP contribution in [-0.4, -0.2) is 31.8 Å². The third-order valence-electron chi connectivity index (χ3n) is 5.09. The first-order chi connectivity index (χ1) is 12.2. The van der Waals surface area contributed by atoms with E-state index in [4.69, 9.17) is 14.2 Å². The molecule has 0 N–H and O–H groups in total. The summed E-state index contributed by atoms with van der Waals surface area (Å²) in [5.41, 5.74) is 3.37. The van der Waals surface area contributed by atoms with Gasteiger partial charge in [0.15, 0.2) is 11.5 Å². The molecule has 0 spiro atoms. The quantitative estimate of drug-likeness (QED) is 0.851. The maximum absolute atomic E-state index is 12.5. The Kier molecular flexibility index (Phi) is 3.99. The molecule has 2 aliphatic heterocycles. The Hall–Kier alpha value is -2.69. The third kappa shape index (κ3) is 2.69. The molecule has 5 heteroatoms. The first-order valence-electron chi connectivity index (χ1n) is 8.48. The number of cyclic esters (lactones) is 1. The van der Waals surface area contributed by atoms with Crippen molar-refractivity contribution in [3.63, 3.8) is 0 Å². The Morgan fingerprint density at radius 2 is 1.80 bits per heavy atom. The van der Waals surface area contributed by atoms with Crippen molar-refractivity contribution >= 4 is 6.09 Å². The van der Waals surface area contributed by atoms with Gasteiger partial charge in [0.25, 0.3) is 0 Å². The second-order valence-corrected chi connectivity index (χ2v) is 6.38. The molecular weight excluding hydrogens is 318 g/mol. The van der Waals surface area contributed by atoms with Crippen molar-refractivity contribution in [3.05, 3.63) is 59.2 Å². The molecule has 0 unspecified atom stereocenters. The minimum absolute atomic E-state index is 0.00462. The molecule has 2 aromatic carbocycles. The summed E-state index contributed by atoms with van der Waals surface area (Å²) in [6, 6.07) is 14.0. The van der Waals surface area contributed by atoms with Crippen LogP contribution in [0.15, 0.2) is 42.5 Å². The lowest BCUT2D eigenvalue weighted by Gasteiger charge is -2.43. The Balaban J connectivity index is 1.72. The van der Waals surface area contributed by atoms with Gasteiger partial charge in [-0.3, -0.25) is 0 Å². The molecule has 0 radical (unpaired) electrons. The van der Waals surface area contributed by atoms with E-state index in [-0.39, 0.29) is 18.2 Å². The van der Waals surface area contributed by atoms with E-state index < -0.39 is 0 Å². The minimum atomic E-state index is -0.245. The van der Waals surface area contributed by atoms with Crippen LogP contribution in [0.3, 0.4) is 0 Å². The van der Waals surface area contributed by atoms with Gasteiger partial charge in [-0.1, -0.05) is 30.3 Å². The molecule has 2 heterocycles. The fourth-order valence-electron chi connectivity index (χ4n) is 3.81. The molecule has 2 aromatic rings. The summed E-state index contributed by atoms with van der Waals surface area (Å²) in [6.45, 7) is 0.660. The predicted molar refractivity (Wildman–Crippen MR) is 93.0 cm³/mol. The smallest absolute Gasteiger partial charge is 0.410 e. The largest absolute Gasteiger partial charge is 0.493 e. The molecule has 0 saturated carbocycles. The molecule has 130 valence electrons. The van der Waals surface area contributed by atoms with E-state index in [2.05, 4.69) is 0 Å². The Bertz CT molecular complexity index is 790. The van der Waals surface area contributed by atoms with Crippen molar-refractivity contribution in [1.82, 2.24) is 4.90 Å². The number of ether oxygens (including phenoxy) is 3. The van der Waals surface area contributed by atoms with Gasteiger partial charge in [0.05, 0.1) is 20.3 Å². The molecule has 0 aromatic heterocycles. The lowest BCUT2D eigenvalue weighted by Crippen LogP contribution is -2.45. The number of fused-ring (bicyclic) bond motifs is 3. The number of rotatable bonds is 3. The van der Waals surface area contributed by atoms with Crippen LogP contribution in [0.1, 0.15) is 35.3 Å². The number of benzene rings is 2. The van der Waals surface area contributed by atoms with E-state index in [1.807, 2.05) is 47.4 Å². The first-order valence-corrected chi connectivity index (χ1v) is 8.48. The summed E-state index contributed by atoms with van der Waals surface area (Å²) in [5.74, 6) is 1.42. The van der Waals surface area contributed by atoms with E-state index in [1.54, 1.807) is 14.2 Å². The molecule has 2 atom stereocenters. The number of nitrogens with zero attached hydrogens (tertiary/aromatic N) is 1. The van der Waals surface area contributed by atoms with Crippen LogP contribution in [0.25, 0.3) is 0 Å². The standard InChI is InChI=1S/C20H21NO4/c1-23-18-10-14-8-9-21-16(15(14)11-19(18)24-2)12-17(25-20(21)22)13-6-4-3-5-7-13/h3-7,10-11,16-17H,8-9,12H2,1-2H3/t16-,17+/m1/s1. The number of hydrogen-bond donors (Lipinski definition) is 0. The average Bonchev–Trinajstić information content (AvgIpc) is 2.67. The monoisotopic (exact) mass is 339 g/mol. The van der Waals surface area contributed by atoms with Crippen molar-refractivity contribution in [2.24, 2.45) is 0 Å². The molecule has 0 bridgehead atoms. The molecule has 2 aliphatic rings. The van der Waals surface area contributed by atoms with Crippen molar-refractivity contribution in [2.45, 2.75) is 25.0 Å². The summed E-state index contributed by atoms with van der Waals surface area (Å²) in [5, 5.41) is 0. The number of methoxy groups -OCH3 is 2. The van der Waals surface area contributed by atoms with Crippen LogP contribution in [0.2, 0.25) is 0 Å². The Morgan fingerprint density at radius 1 is 1.08 bits per heavy atom. The van der Waals surface area contributed by atoms with Gasteiger partial charge < -0.3 is 19.1 Å². The maximum atomic E-state index is 12.5. The van der Waals surface area contributed by atoms with Crippen LogP contribution < -0.4 is 9.47 Å². The Labute approximate surface area is 147 Å². The summed E-state index contributed by atoms with van der Waals surface area (Å²) in [7, 11) is 3.27. The maximum Gasteiger partial charge on any atom is 0.410 e. The molecule has 1 saturated heterocycles. The first kappa shape index (κ1) is 15.8. The normalized spacial score (nSPS) is 21.8. The van der Waals surface area contributed by atoms with Crippen LogP contribution in [0.4, 0.5) is 4.79 Å². The highest BCUT2D eigenvalue weighted by atomic mass is 16.6. The fraction of sp³-hybridized carbons (Fsp3) is 0.350. The van der Waals surface area contributed by atoms with E-state index in [1.165, 1.54) is 5.56 Å². The van der Waals surface area contributed by atoms with Crippen molar-refractivity contribution in [2.75, 3.05) is 20.8 Å². The van der Waals surface area contributed by atoms with Crippen LogP contribution in [-0.2, 0) is 11.2 Å². The van der Waals surface area contributed by atoms with Gasteiger partial charge in [0, 0.05) is 13.0 Å². The number of amides is 1. The van der Waals surface area contributed by atoms with E-state index in [0.29, 0.717) is 12.3 Å². The summed E-state index contributed by atoms with van der Waals surface area (Å²) in [4.78, 5) is 14.4. The van der Waals surface area contributed by atoms with Crippen molar-refractivity contribution in [3.8, 4) is 11.5 Å². The van der Waals surface area contributed by atoms with Crippen LogP contribution >= 0.6 is 0 Å².